The van der Waals surface area contributed by atoms with Crippen LogP contribution in [0.25, 0.3) is 0 Å². The van der Waals surface area contributed by atoms with Crippen molar-refractivity contribution >= 4 is 57.8 Å². The molecule has 1 unspecified atom stereocenters. The number of nitrogens with two attached hydrogens (primary N) is 1. The lowest BCUT2D eigenvalue weighted by molar-refractivity contribution is -0.140. The Hall–Kier alpha value is -3.65. The van der Waals surface area contributed by atoms with Gasteiger partial charge in [0.25, 0.3) is 5.91 Å². The molecular formula is C37H45Cl2N5O7S. The number of hydrogen-bond donors (Lipinski definition) is 3. The van der Waals surface area contributed by atoms with Gasteiger partial charge in [-0.05, 0) is 67.7 Å². The normalized spacial score (nSPS) is 28.8. The van der Waals surface area contributed by atoms with E-state index in [1.54, 1.807) is 6.07 Å². The molecule has 5 aliphatic rings. The first-order chi connectivity index (χ1) is 24.4. The number of benzene rings is 2. The third-order valence-corrected chi connectivity index (χ3v) is 13.6. The predicted octanol–water partition coefficient (Wildman–Crippen LogP) is 4.13. The van der Waals surface area contributed by atoms with Crippen molar-refractivity contribution in [2.24, 2.45) is 11.7 Å². The zero-order chi connectivity index (χ0) is 36.0. The summed E-state index contributed by atoms with van der Waals surface area (Å²) >= 11 is 6.35. The van der Waals surface area contributed by atoms with Gasteiger partial charge in [0.05, 0.1) is 23.9 Å². The minimum Gasteiger partial charge on any atom is -0.444 e. The van der Waals surface area contributed by atoms with Crippen LogP contribution in [0.2, 0.25) is 5.02 Å². The number of carbonyl (C=O) groups is 4. The van der Waals surface area contributed by atoms with Crippen LogP contribution in [-0.2, 0) is 48.7 Å². The third kappa shape index (κ3) is 7.55. The van der Waals surface area contributed by atoms with E-state index < -0.39 is 68.2 Å². The van der Waals surface area contributed by atoms with Crippen LogP contribution in [0.4, 0.5) is 4.79 Å². The number of nitrogens with one attached hydrogen (secondary N) is 2. The van der Waals surface area contributed by atoms with Crippen LogP contribution in [0.3, 0.4) is 0 Å². The van der Waals surface area contributed by atoms with Crippen molar-refractivity contribution in [3.05, 3.63) is 82.4 Å². The molecule has 4 amide bonds. The van der Waals surface area contributed by atoms with Crippen molar-refractivity contribution in [1.82, 2.24) is 19.8 Å². The Morgan fingerprint density at radius 2 is 1.81 bits per heavy atom. The molecule has 5 atom stereocenters. The van der Waals surface area contributed by atoms with Crippen molar-refractivity contribution in [2.75, 3.05) is 6.54 Å². The van der Waals surface area contributed by atoms with E-state index in [9.17, 15) is 27.6 Å². The second kappa shape index (κ2) is 15.0. The van der Waals surface area contributed by atoms with Gasteiger partial charge >= 0.3 is 6.09 Å². The lowest BCUT2D eigenvalue weighted by Gasteiger charge is -2.28. The van der Waals surface area contributed by atoms with Gasteiger partial charge in [0.1, 0.15) is 17.7 Å². The first-order valence-corrected chi connectivity index (χ1v) is 19.6. The van der Waals surface area contributed by atoms with Gasteiger partial charge < -0.3 is 20.7 Å². The highest BCUT2D eigenvalue weighted by Gasteiger charge is 2.63. The van der Waals surface area contributed by atoms with Crippen molar-refractivity contribution in [3.63, 3.8) is 0 Å². The first-order valence-electron chi connectivity index (χ1n) is 17.8. The molecular weight excluding hydrogens is 729 g/mol. The molecule has 280 valence electrons. The molecule has 2 aliphatic carbocycles. The van der Waals surface area contributed by atoms with Gasteiger partial charge in [-0.25, -0.2) is 13.2 Å². The molecule has 0 spiro atoms. The maximum absolute atomic E-state index is 14.2. The maximum atomic E-state index is 14.2. The third-order valence-electron chi connectivity index (χ3n) is 11.1. The standard InChI is InChI=1S/C37H44ClN5O7S.ClH/c38-29-14-9-12-25-21-42(23-28(25)29)35(47)50-27-18-31-32(44)40-37(20-26(37)13-7-2-1-3-8-15-30(39)33(45)43(31)22-27)34(46)41-51(48,49)36(16-17-36)19-24-10-5-4-6-11-24;/h4-7,9-14,26-27,30-31H,1-3,8,15-23,39H2,(H,40,44)(H,41,46);1H/b13-7-;/t26-,27-,30?,31+,37-;/m1./s1. The molecule has 1 saturated heterocycles. The number of rotatable bonds is 6. The van der Waals surface area contributed by atoms with Crippen LogP contribution in [0, 0.1) is 5.92 Å². The summed E-state index contributed by atoms with van der Waals surface area (Å²) in [6, 6.07) is 12.8. The highest BCUT2D eigenvalue weighted by atomic mass is 35.5. The van der Waals surface area contributed by atoms with Crippen LogP contribution in [0.1, 0.15) is 74.5 Å². The number of ether oxygens (including phenoxy) is 1. The van der Waals surface area contributed by atoms with E-state index in [1.165, 1.54) is 9.80 Å². The van der Waals surface area contributed by atoms with E-state index in [0.29, 0.717) is 30.8 Å². The van der Waals surface area contributed by atoms with E-state index in [4.69, 9.17) is 22.1 Å². The Morgan fingerprint density at radius 3 is 2.54 bits per heavy atom. The van der Waals surface area contributed by atoms with E-state index in [2.05, 4.69) is 10.0 Å². The van der Waals surface area contributed by atoms with E-state index in [1.807, 2.05) is 54.6 Å². The first kappa shape index (κ1) is 38.1. The molecule has 12 nitrogen and oxygen atoms in total. The van der Waals surface area contributed by atoms with Gasteiger partial charge in [-0.1, -0.05) is 79.1 Å². The Labute approximate surface area is 315 Å². The van der Waals surface area contributed by atoms with Crippen LogP contribution in [-0.4, -0.2) is 77.1 Å². The quantitative estimate of drug-likeness (QED) is 0.369. The predicted molar refractivity (Wildman–Crippen MR) is 197 cm³/mol. The van der Waals surface area contributed by atoms with Gasteiger partial charge in [-0.2, -0.15) is 0 Å². The van der Waals surface area contributed by atoms with Gasteiger partial charge in [0, 0.05) is 23.9 Å². The number of carbonyl (C=O) groups excluding carboxylic acids is 4. The minimum absolute atomic E-state index is 0. The van der Waals surface area contributed by atoms with Gasteiger partial charge in [-0.3, -0.25) is 24.0 Å². The van der Waals surface area contributed by atoms with Crippen molar-refractivity contribution in [2.45, 2.75) is 106 Å². The highest BCUT2D eigenvalue weighted by Crippen LogP contribution is 2.49. The fourth-order valence-corrected chi connectivity index (χ4v) is 9.65. The van der Waals surface area contributed by atoms with Gasteiger partial charge in [0.15, 0.2) is 0 Å². The topological polar surface area (TPSA) is 168 Å². The highest BCUT2D eigenvalue weighted by molar-refractivity contribution is 7.91. The summed E-state index contributed by atoms with van der Waals surface area (Å²) in [6.07, 6.45) is 7.33. The summed E-state index contributed by atoms with van der Waals surface area (Å²) in [7, 11) is -4.10. The van der Waals surface area contributed by atoms with Crippen molar-refractivity contribution < 1.29 is 32.3 Å². The minimum atomic E-state index is -4.10. The summed E-state index contributed by atoms with van der Waals surface area (Å²) in [5.41, 5.74) is 7.47. The SMILES string of the molecule is Cl.NC1CCCCC/C=C\[C@@H]2C[C@@]2(C(=O)NS(=O)(=O)C2(Cc3ccccc3)CC2)NC(=O)[C@@H]2C[C@@H](OC(=O)N3Cc4cccc(Cl)c4C3)CN2C1=O. The number of nitrogens with zero attached hydrogens (tertiary/aromatic N) is 2. The maximum Gasteiger partial charge on any atom is 0.410 e. The molecule has 3 fully saturated rings. The van der Waals surface area contributed by atoms with E-state index in [0.717, 1.165) is 42.4 Å². The Morgan fingerprint density at radius 1 is 1.04 bits per heavy atom. The molecule has 4 N–H and O–H groups in total. The van der Waals surface area contributed by atoms with E-state index in [-0.39, 0.29) is 44.8 Å². The van der Waals surface area contributed by atoms with Gasteiger partial charge in [0.2, 0.25) is 21.8 Å². The second-order valence-electron chi connectivity index (χ2n) is 14.7. The summed E-state index contributed by atoms with van der Waals surface area (Å²) in [6.45, 7) is 0.553. The molecule has 2 aromatic rings. The zero-order valence-electron chi connectivity index (χ0n) is 28.8. The summed E-state index contributed by atoms with van der Waals surface area (Å²) in [5, 5.41) is 3.43. The molecule has 3 aliphatic heterocycles. The Bertz CT molecular complexity index is 1860. The Balaban J connectivity index is 0.00000464. The fourth-order valence-electron chi connectivity index (χ4n) is 7.76. The molecule has 0 bridgehead atoms. The van der Waals surface area contributed by atoms with Crippen LogP contribution < -0.4 is 15.8 Å². The van der Waals surface area contributed by atoms with Crippen LogP contribution in [0.5, 0.6) is 0 Å². The smallest absolute Gasteiger partial charge is 0.410 e. The molecule has 7 rings (SSSR count). The summed E-state index contributed by atoms with van der Waals surface area (Å²) in [4.78, 5) is 58.1. The molecule has 52 heavy (non-hydrogen) atoms. The molecule has 3 heterocycles. The van der Waals surface area contributed by atoms with Crippen molar-refractivity contribution in [1.29, 1.82) is 0 Å². The van der Waals surface area contributed by atoms with E-state index >= 15 is 0 Å². The fraction of sp³-hybridized carbons (Fsp3) is 0.514. The summed E-state index contributed by atoms with van der Waals surface area (Å²) in [5.74, 6) is -2.29. The average molecular weight is 775 g/mol. The van der Waals surface area contributed by atoms with Gasteiger partial charge in [-0.15, -0.1) is 12.4 Å². The van der Waals surface area contributed by atoms with Crippen molar-refractivity contribution in [3.8, 4) is 0 Å². The molecule has 0 radical (unpaired) electrons. The average Bonchev–Trinajstić information content (AvgIpc) is 3.92. The number of halogens is 2. The largest absolute Gasteiger partial charge is 0.444 e. The molecule has 0 aromatic heterocycles. The zero-order valence-corrected chi connectivity index (χ0v) is 31.2. The Kier molecular flexibility index (Phi) is 11.0. The molecule has 2 saturated carbocycles. The number of amides is 4. The summed E-state index contributed by atoms with van der Waals surface area (Å²) < 4.78 is 34.6. The number of fused-ring (bicyclic) bond motifs is 3. The lowest BCUT2D eigenvalue weighted by Crippen LogP contribution is -2.58. The number of allylic oxidation sites excluding steroid dienone is 1. The molecule has 2 aromatic carbocycles. The second-order valence-corrected chi connectivity index (χ2v) is 17.2. The number of hydrogen-bond acceptors (Lipinski definition) is 8. The molecule has 15 heteroatoms. The monoisotopic (exact) mass is 773 g/mol. The van der Waals surface area contributed by atoms with Crippen LogP contribution in [0.15, 0.2) is 60.7 Å². The van der Waals surface area contributed by atoms with Crippen LogP contribution >= 0.6 is 24.0 Å². The number of sulfonamides is 1. The lowest BCUT2D eigenvalue weighted by atomic mass is 10.1.